The smallest absolute Gasteiger partial charge is 0.244 e. The summed E-state index contributed by atoms with van der Waals surface area (Å²) in [4.78, 5) is 15.9. The Kier molecular flexibility index (Phi) is 8.01. The molecule has 2 aromatic carbocycles. The van der Waals surface area contributed by atoms with E-state index >= 15 is 0 Å². The number of imidazole rings is 1. The number of methoxy groups -OCH3 is 3. The van der Waals surface area contributed by atoms with Gasteiger partial charge in [0.05, 0.1) is 57.0 Å². The zero-order chi connectivity index (χ0) is 30.8. The molecule has 1 saturated heterocycles. The molecule has 1 atom stereocenters. The van der Waals surface area contributed by atoms with E-state index in [1.54, 1.807) is 80.9 Å². The Balaban J connectivity index is 1.40. The normalized spacial score (nSPS) is 15.1. The molecule has 1 fully saturated rings. The van der Waals surface area contributed by atoms with Gasteiger partial charge in [0.25, 0.3) is 0 Å². The third-order valence-corrected chi connectivity index (χ3v) is 9.20. The average Bonchev–Trinajstić information content (AvgIpc) is 3.80. The molecule has 1 aliphatic heterocycles. The van der Waals surface area contributed by atoms with E-state index in [9.17, 15) is 13.5 Å². The quantitative estimate of drug-likeness (QED) is 0.223. The number of aliphatic hydroxyl groups excluding tert-OH is 1. The molecular formula is C30H33N7O6S. The molecule has 230 valence electrons. The molecule has 1 aliphatic rings. The number of anilines is 3. The van der Waals surface area contributed by atoms with Gasteiger partial charge in [-0.1, -0.05) is 30.3 Å². The minimum Gasteiger partial charge on any atom is -0.493 e. The van der Waals surface area contributed by atoms with Crippen molar-refractivity contribution in [1.29, 1.82) is 0 Å². The topological polar surface area (TPSA) is 146 Å². The van der Waals surface area contributed by atoms with Gasteiger partial charge in [-0.2, -0.15) is 9.97 Å². The van der Waals surface area contributed by atoms with E-state index in [1.807, 2.05) is 11.0 Å². The van der Waals surface area contributed by atoms with Gasteiger partial charge in [0.2, 0.25) is 21.7 Å². The molecule has 4 heterocycles. The number of rotatable bonds is 11. The average molecular weight is 620 g/mol. The van der Waals surface area contributed by atoms with Gasteiger partial charge in [-0.25, -0.2) is 17.4 Å². The molecule has 0 amide bonds. The largest absolute Gasteiger partial charge is 0.493 e. The number of hydrogen-bond acceptors (Lipinski definition) is 11. The fraction of sp³-hybridized carbons (Fsp3) is 0.300. The molecule has 0 aliphatic carbocycles. The van der Waals surface area contributed by atoms with Gasteiger partial charge in [0.1, 0.15) is 18.0 Å². The molecule has 0 bridgehead atoms. The van der Waals surface area contributed by atoms with Crippen LogP contribution in [0.5, 0.6) is 17.2 Å². The highest BCUT2D eigenvalue weighted by Crippen LogP contribution is 2.39. The molecule has 2 N–H and O–H groups in total. The van der Waals surface area contributed by atoms with Crippen molar-refractivity contribution >= 4 is 38.6 Å². The van der Waals surface area contributed by atoms with Crippen molar-refractivity contribution in [2.75, 3.05) is 44.7 Å². The van der Waals surface area contributed by atoms with Gasteiger partial charge >= 0.3 is 0 Å². The standard InChI is InChI=1S/C30H33N7O6S/c1-41-24-14-22(15-25(42-2)27(24)43-3)35-16-26(31-19-35)32-28-23-11-13-37(44(39,40)18-20-8-5-4-6-9-20)29(23)34-30(33-28)36-12-7-10-21(36)17-38/h4-6,8-9,11,13-16,19,21,38H,7,10,12,17-18H2,1-3H3,(H,32,33,34)/t21-/m1/s1. The lowest BCUT2D eigenvalue weighted by molar-refractivity contribution is 0.265. The Morgan fingerprint density at radius 1 is 1.02 bits per heavy atom. The van der Waals surface area contributed by atoms with Crippen molar-refractivity contribution in [3.8, 4) is 22.9 Å². The zero-order valence-electron chi connectivity index (χ0n) is 24.5. The molecule has 0 radical (unpaired) electrons. The van der Waals surface area contributed by atoms with Gasteiger partial charge in [-0.05, 0) is 24.5 Å². The van der Waals surface area contributed by atoms with Crippen LogP contribution in [0, 0.1) is 0 Å². The Morgan fingerprint density at radius 2 is 1.77 bits per heavy atom. The lowest BCUT2D eigenvalue weighted by Gasteiger charge is -2.23. The summed E-state index contributed by atoms with van der Waals surface area (Å²) in [6.07, 6.45) is 6.54. The summed E-state index contributed by atoms with van der Waals surface area (Å²) in [5, 5.41) is 13.8. The minimum absolute atomic E-state index is 0.0589. The van der Waals surface area contributed by atoms with Crippen LogP contribution in [-0.2, 0) is 15.8 Å². The summed E-state index contributed by atoms with van der Waals surface area (Å²) >= 11 is 0. The fourth-order valence-electron chi connectivity index (χ4n) is 5.44. The third kappa shape index (κ3) is 5.49. The predicted octanol–water partition coefficient (Wildman–Crippen LogP) is 3.73. The molecule has 13 nitrogen and oxygen atoms in total. The van der Waals surface area contributed by atoms with Crippen LogP contribution in [0.1, 0.15) is 18.4 Å². The van der Waals surface area contributed by atoms with Crippen LogP contribution in [0.2, 0.25) is 0 Å². The third-order valence-electron chi connectivity index (χ3n) is 7.61. The second-order valence-electron chi connectivity index (χ2n) is 10.3. The number of fused-ring (bicyclic) bond motifs is 1. The molecule has 14 heteroatoms. The molecule has 0 saturated carbocycles. The first-order chi connectivity index (χ1) is 21.3. The minimum atomic E-state index is -3.82. The molecule has 44 heavy (non-hydrogen) atoms. The first-order valence-corrected chi connectivity index (χ1v) is 15.6. The van der Waals surface area contributed by atoms with Crippen LogP contribution in [0.15, 0.2) is 67.3 Å². The van der Waals surface area contributed by atoms with Crippen LogP contribution in [-0.4, -0.2) is 77.5 Å². The van der Waals surface area contributed by atoms with Crippen molar-refractivity contribution in [3.05, 3.63) is 72.8 Å². The maximum absolute atomic E-state index is 13.6. The van der Waals surface area contributed by atoms with E-state index in [0.29, 0.717) is 52.3 Å². The summed E-state index contributed by atoms with van der Waals surface area (Å²) in [6, 6.07) is 14.1. The number of ether oxygens (including phenoxy) is 3. The van der Waals surface area contributed by atoms with Crippen LogP contribution >= 0.6 is 0 Å². The first kappa shape index (κ1) is 29.3. The van der Waals surface area contributed by atoms with E-state index in [4.69, 9.17) is 24.2 Å². The van der Waals surface area contributed by atoms with Crippen molar-refractivity contribution in [2.45, 2.75) is 24.6 Å². The first-order valence-electron chi connectivity index (χ1n) is 14.0. The summed E-state index contributed by atoms with van der Waals surface area (Å²) in [5.41, 5.74) is 1.62. The second-order valence-corrected chi connectivity index (χ2v) is 12.2. The van der Waals surface area contributed by atoms with E-state index < -0.39 is 10.0 Å². The van der Waals surface area contributed by atoms with Crippen molar-refractivity contribution in [1.82, 2.24) is 23.5 Å². The SMILES string of the molecule is COc1cc(-n2cnc(Nc3nc(N4CCC[C@@H]4CO)nc4c3ccn4S(=O)(=O)Cc3ccccc3)c2)cc(OC)c1OC. The number of aliphatic hydroxyl groups is 1. The maximum atomic E-state index is 13.6. The molecular weight excluding hydrogens is 586 g/mol. The predicted molar refractivity (Wildman–Crippen MR) is 166 cm³/mol. The van der Waals surface area contributed by atoms with Crippen LogP contribution < -0.4 is 24.4 Å². The summed E-state index contributed by atoms with van der Waals surface area (Å²) in [7, 11) is 0.822. The van der Waals surface area contributed by atoms with Crippen molar-refractivity contribution < 1.29 is 27.7 Å². The van der Waals surface area contributed by atoms with E-state index in [1.165, 1.54) is 10.2 Å². The van der Waals surface area contributed by atoms with Crippen LogP contribution in [0.4, 0.5) is 17.6 Å². The molecule has 0 unspecified atom stereocenters. The Labute approximate surface area is 254 Å². The number of benzene rings is 2. The number of hydrogen-bond donors (Lipinski definition) is 2. The van der Waals surface area contributed by atoms with E-state index in [0.717, 1.165) is 18.5 Å². The summed E-state index contributed by atoms with van der Waals surface area (Å²) < 4.78 is 46.6. The lowest BCUT2D eigenvalue weighted by atomic mass is 10.2. The highest BCUT2D eigenvalue weighted by Gasteiger charge is 2.29. The maximum Gasteiger partial charge on any atom is 0.244 e. The van der Waals surface area contributed by atoms with Gasteiger partial charge in [0, 0.05) is 24.9 Å². The van der Waals surface area contributed by atoms with Gasteiger partial charge in [-0.15, -0.1) is 0 Å². The number of nitrogens with one attached hydrogen (secondary N) is 1. The van der Waals surface area contributed by atoms with Gasteiger partial charge in [-0.3, -0.25) is 0 Å². The molecule has 3 aromatic heterocycles. The highest BCUT2D eigenvalue weighted by atomic mass is 32.2. The summed E-state index contributed by atoms with van der Waals surface area (Å²) in [5.74, 6) is 2.45. The Morgan fingerprint density at radius 3 is 2.45 bits per heavy atom. The molecule has 5 aromatic rings. The Hall–Kier alpha value is -4.82. The Bertz CT molecular complexity index is 1870. The highest BCUT2D eigenvalue weighted by molar-refractivity contribution is 7.89. The van der Waals surface area contributed by atoms with Crippen molar-refractivity contribution in [3.63, 3.8) is 0 Å². The number of aromatic nitrogens is 5. The lowest BCUT2D eigenvalue weighted by Crippen LogP contribution is -2.33. The van der Waals surface area contributed by atoms with Crippen LogP contribution in [0.25, 0.3) is 16.7 Å². The fourth-order valence-corrected chi connectivity index (χ4v) is 6.84. The van der Waals surface area contributed by atoms with E-state index in [-0.39, 0.29) is 24.0 Å². The summed E-state index contributed by atoms with van der Waals surface area (Å²) in [6.45, 7) is 0.583. The van der Waals surface area contributed by atoms with Crippen LogP contribution in [0.3, 0.4) is 0 Å². The van der Waals surface area contributed by atoms with Gasteiger partial charge in [0.15, 0.2) is 17.1 Å². The molecule has 6 rings (SSSR count). The monoisotopic (exact) mass is 619 g/mol. The van der Waals surface area contributed by atoms with Gasteiger partial charge < -0.3 is 34.1 Å². The van der Waals surface area contributed by atoms with Crippen molar-refractivity contribution in [2.24, 2.45) is 0 Å². The van der Waals surface area contributed by atoms with E-state index in [2.05, 4.69) is 10.3 Å². The zero-order valence-corrected chi connectivity index (χ0v) is 25.4. The number of nitrogens with zero attached hydrogens (tertiary/aromatic N) is 6. The second kappa shape index (κ2) is 12.1. The molecule has 0 spiro atoms.